The van der Waals surface area contributed by atoms with Crippen LogP contribution in [0.4, 0.5) is 8.78 Å². The predicted octanol–water partition coefficient (Wildman–Crippen LogP) is 4.75. The number of hydrogen-bond donors (Lipinski definition) is 0. The van der Waals surface area contributed by atoms with E-state index in [0.29, 0.717) is 25.2 Å². The molecule has 0 aliphatic carbocycles. The van der Waals surface area contributed by atoms with Gasteiger partial charge in [0, 0.05) is 38.9 Å². The van der Waals surface area contributed by atoms with Crippen molar-refractivity contribution in [3.8, 4) is 5.88 Å². The van der Waals surface area contributed by atoms with Crippen LogP contribution in [0, 0.1) is 11.6 Å². The molecule has 3 aromatic carbocycles. The molecule has 0 bridgehead atoms. The highest BCUT2D eigenvalue weighted by atomic mass is 19.1. The first-order valence-corrected chi connectivity index (χ1v) is 12.3. The number of aromatic nitrogens is 2. The molecule has 1 aromatic heterocycles. The van der Waals surface area contributed by atoms with Gasteiger partial charge in [-0.3, -0.25) is 14.4 Å². The van der Waals surface area contributed by atoms with Gasteiger partial charge >= 0.3 is 0 Å². The van der Waals surface area contributed by atoms with E-state index < -0.39 is 0 Å². The van der Waals surface area contributed by atoms with Crippen LogP contribution in [0.3, 0.4) is 0 Å². The predicted molar refractivity (Wildman–Crippen MR) is 136 cm³/mol. The van der Waals surface area contributed by atoms with Gasteiger partial charge in [0.2, 0.25) is 5.88 Å². The Morgan fingerprint density at radius 3 is 2.00 bits per heavy atom. The maximum atomic E-state index is 13.5. The molecular formula is C29H28F2N4O2. The molecule has 0 saturated carbocycles. The second kappa shape index (κ2) is 11.3. The minimum atomic E-state index is -0.324. The van der Waals surface area contributed by atoms with Crippen LogP contribution in [0.1, 0.15) is 27.0 Å². The minimum Gasteiger partial charge on any atom is -0.471 e. The van der Waals surface area contributed by atoms with E-state index in [1.54, 1.807) is 35.1 Å². The van der Waals surface area contributed by atoms with E-state index in [4.69, 9.17) is 4.74 Å². The van der Waals surface area contributed by atoms with Gasteiger partial charge in [0.1, 0.15) is 23.8 Å². The van der Waals surface area contributed by atoms with Crippen molar-refractivity contribution in [1.82, 2.24) is 19.6 Å². The van der Waals surface area contributed by atoms with Gasteiger partial charge in [-0.15, -0.1) is 5.10 Å². The van der Waals surface area contributed by atoms with Crippen molar-refractivity contribution in [2.24, 2.45) is 0 Å². The van der Waals surface area contributed by atoms with Crippen LogP contribution in [-0.4, -0.2) is 51.7 Å². The monoisotopic (exact) mass is 502 g/mol. The summed E-state index contributed by atoms with van der Waals surface area (Å²) < 4.78 is 34.2. The maximum absolute atomic E-state index is 13.5. The van der Waals surface area contributed by atoms with Gasteiger partial charge in [-0.2, -0.15) is 0 Å². The van der Waals surface area contributed by atoms with E-state index in [2.05, 4.69) is 22.1 Å². The molecular weight excluding hydrogens is 474 g/mol. The van der Waals surface area contributed by atoms with Crippen LogP contribution < -0.4 is 4.74 Å². The Hall–Kier alpha value is -4.04. The lowest BCUT2D eigenvalue weighted by atomic mass is 10.2. The largest absolute Gasteiger partial charge is 0.471 e. The van der Waals surface area contributed by atoms with Crippen LogP contribution in [0.5, 0.6) is 5.88 Å². The minimum absolute atomic E-state index is 0.140. The van der Waals surface area contributed by atoms with Crippen LogP contribution in [0.15, 0.2) is 85.1 Å². The molecule has 37 heavy (non-hydrogen) atoms. The zero-order chi connectivity index (χ0) is 25.6. The first-order chi connectivity index (χ1) is 18.0. The number of benzene rings is 3. The van der Waals surface area contributed by atoms with Gasteiger partial charge in [-0.05, 0) is 41.0 Å². The van der Waals surface area contributed by atoms with E-state index in [1.807, 2.05) is 23.1 Å². The number of nitrogens with zero attached hydrogens (tertiary/aromatic N) is 4. The third-order valence-electron chi connectivity index (χ3n) is 6.41. The summed E-state index contributed by atoms with van der Waals surface area (Å²) >= 11 is 0. The fraction of sp³-hybridized carbons (Fsp3) is 0.241. The second-order valence-electron chi connectivity index (χ2n) is 9.14. The van der Waals surface area contributed by atoms with Crippen LogP contribution in [0.25, 0.3) is 0 Å². The van der Waals surface area contributed by atoms with Crippen molar-refractivity contribution >= 4 is 5.91 Å². The molecule has 0 N–H and O–H groups in total. The van der Waals surface area contributed by atoms with E-state index >= 15 is 0 Å². The molecule has 0 radical (unpaired) electrons. The van der Waals surface area contributed by atoms with E-state index in [-0.39, 0.29) is 30.0 Å². The van der Waals surface area contributed by atoms with Crippen molar-refractivity contribution in [3.63, 3.8) is 0 Å². The second-order valence-corrected chi connectivity index (χ2v) is 9.14. The highest BCUT2D eigenvalue weighted by Gasteiger charge is 2.27. The summed E-state index contributed by atoms with van der Waals surface area (Å²) in [4.78, 5) is 17.7. The SMILES string of the molecule is O=C(c1cn(Cc2ccc(F)cc2)nc1OCc1ccc(F)cc1)N1CCN(Cc2ccccc2)CC1. The zero-order valence-corrected chi connectivity index (χ0v) is 20.4. The molecule has 1 fully saturated rings. The summed E-state index contributed by atoms with van der Waals surface area (Å²) in [7, 11) is 0. The smallest absolute Gasteiger partial charge is 0.261 e. The molecule has 0 unspecified atom stereocenters. The zero-order valence-electron chi connectivity index (χ0n) is 20.4. The molecule has 1 aliphatic heterocycles. The van der Waals surface area contributed by atoms with Gasteiger partial charge in [-0.25, -0.2) is 8.78 Å². The van der Waals surface area contributed by atoms with E-state index in [1.165, 1.54) is 29.8 Å². The molecule has 2 heterocycles. The van der Waals surface area contributed by atoms with Crippen molar-refractivity contribution < 1.29 is 18.3 Å². The van der Waals surface area contributed by atoms with Gasteiger partial charge < -0.3 is 9.64 Å². The highest BCUT2D eigenvalue weighted by Crippen LogP contribution is 2.22. The summed E-state index contributed by atoms with van der Waals surface area (Å²) in [6.45, 7) is 4.12. The van der Waals surface area contributed by atoms with Gasteiger partial charge in [0.25, 0.3) is 5.91 Å². The number of ether oxygens (including phenoxy) is 1. The first kappa shape index (κ1) is 24.6. The van der Waals surface area contributed by atoms with Crippen molar-refractivity contribution in [2.45, 2.75) is 19.7 Å². The fourth-order valence-corrected chi connectivity index (χ4v) is 4.37. The van der Waals surface area contributed by atoms with E-state index in [9.17, 15) is 13.6 Å². The summed E-state index contributed by atoms with van der Waals surface area (Å²) in [6, 6.07) is 22.5. The molecule has 190 valence electrons. The van der Waals surface area contributed by atoms with Crippen LogP contribution in [0.2, 0.25) is 0 Å². The topological polar surface area (TPSA) is 50.6 Å². The van der Waals surface area contributed by atoms with Crippen molar-refractivity contribution in [3.05, 3.63) is 119 Å². The summed E-state index contributed by atoms with van der Waals surface area (Å²) in [5, 5.41) is 4.52. The normalized spacial score (nSPS) is 14.1. The number of hydrogen-bond acceptors (Lipinski definition) is 4. The molecule has 8 heteroatoms. The van der Waals surface area contributed by atoms with Crippen LogP contribution >= 0.6 is 0 Å². The third-order valence-corrected chi connectivity index (χ3v) is 6.41. The average Bonchev–Trinajstić information content (AvgIpc) is 3.33. The molecule has 1 aliphatic rings. The lowest BCUT2D eigenvalue weighted by Crippen LogP contribution is -2.48. The number of piperazine rings is 1. The fourth-order valence-electron chi connectivity index (χ4n) is 4.37. The number of halogens is 2. The Bertz CT molecular complexity index is 1320. The molecule has 6 nitrogen and oxygen atoms in total. The summed E-state index contributed by atoms with van der Waals surface area (Å²) in [5.74, 6) is -0.550. The third kappa shape index (κ3) is 6.40. The molecule has 0 spiro atoms. The standard InChI is InChI=1S/C29H28F2N4O2/c30-25-10-6-23(7-11-25)19-35-20-27(28(32-35)37-21-24-8-12-26(31)13-9-24)29(36)34-16-14-33(15-17-34)18-22-4-2-1-3-5-22/h1-13,20H,14-19,21H2. The Balaban J connectivity index is 1.29. The molecule has 1 amide bonds. The Morgan fingerprint density at radius 2 is 1.35 bits per heavy atom. The summed E-state index contributed by atoms with van der Waals surface area (Å²) in [5.41, 5.74) is 3.24. The van der Waals surface area contributed by atoms with Gasteiger partial charge in [-0.1, -0.05) is 54.6 Å². The molecule has 5 rings (SSSR count). The quantitative estimate of drug-likeness (QED) is 0.349. The van der Waals surface area contributed by atoms with Crippen molar-refractivity contribution in [2.75, 3.05) is 26.2 Å². The molecule has 1 saturated heterocycles. The average molecular weight is 503 g/mol. The Kier molecular flexibility index (Phi) is 7.56. The first-order valence-electron chi connectivity index (χ1n) is 12.3. The Labute approximate surface area is 214 Å². The Morgan fingerprint density at radius 1 is 0.757 bits per heavy atom. The maximum Gasteiger partial charge on any atom is 0.261 e. The molecule has 4 aromatic rings. The number of amides is 1. The lowest BCUT2D eigenvalue weighted by Gasteiger charge is -2.34. The highest BCUT2D eigenvalue weighted by molar-refractivity contribution is 5.96. The van der Waals surface area contributed by atoms with Crippen molar-refractivity contribution in [1.29, 1.82) is 0 Å². The van der Waals surface area contributed by atoms with Crippen LogP contribution in [-0.2, 0) is 19.7 Å². The van der Waals surface area contributed by atoms with E-state index in [0.717, 1.165) is 30.8 Å². The number of carbonyl (C=O) groups excluding carboxylic acids is 1. The number of rotatable bonds is 8. The number of carbonyl (C=O) groups is 1. The van der Waals surface area contributed by atoms with Gasteiger partial charge in [0.15, 0.2) is 0 Å². The molecule has 0 atom stereocenters. The van der Waals surface area contributed by atoms with Gasteiger partial charge in [0.05, 0.1) is 6.54 Å². The lowest BCUT2D eigenvalue weighted by molar-refractivity contribution is 0.0624. The summed E-state index contributed by atoms with van der Waals surface area (Å²) in [6.07, 6.45) is 1.68.